The first-order chi connectivity index (χ1) is 10.2. The Morgan fingerprint density at radius 3 is 3.10 bits per heavy atom. The molecule has 0 aliphatic carbocycles. The summed E-state index contributed by atoms with van der Waals surface area (Å²) in [7, 11) is 0. The van der Waals surface area contributed by atoms with Gasteiger partial charge in [0, 0.05) is 42.9 Å². The van der Waals surface area contributed by atoms with Crippen LogP contribution in [0.2, 0.25) is 0 Å². The van der Waals surface area contributed by atoms with E-state index in [2.05, 4.69) is 15.5 Å². The average Bonchev–Trinajstić information content (AvgIpc) is 3.13. The Balaban J connectivity index is 1.56. The number of aromatic amines is 1. The third-order valence-electron chi connectivity index (χ3n) is 3.79. The summed E-state index contributed by atoms with van der Waals surface area (Å²) in [5.74, 6) is -0.508. The Hall–Kier alpha value is -1.79. The SMILES string of the molecule is Fc1ccc(F)c(CNC[C@H]2CCO[C@@H]2c2cn[nH]c2)c1. The van der Waals surface area contributed by atoms with Gasteiger partial charge in [-0.1, -0.05) is 0 Å². The van der Waals surface area contributed by atoms with Crippen molar-refractivity contribution in [3.05, 3.63) is 53.4 Å². The standard InChI is InChI=1S/C15H17F2N3O/c16-13-1-2-14(17)11(5-13)7-18-6-10-3-4-21-15(10)12-8-19-20-9-12/h1-2,5,8-10,15,18H,3-4,6-7H2,(H,19,20)/t10-,15+/m1/s1. The molecule has 2 atom stereocenters. The molecule has 1 fully saturated rings. The highest BCUT2D eigenvalue weighted by Gasteiger charge is 2.29. The summed E-state index contributed by atoms with van der Waals surface area (Å²) in [6.07, 6.45) is 4.53. The molecular weight excluding hydrogens is 276 g/mol. The molecule has 1 aromatic heterocycles. The smallest absolute Gasteiger partial charge is 0.127 e. The van der Waals surface area contributed by atoms with Crippen LogP contribution in [-0.2, 0) is 11.3 Å². The summed E-state index contributed by atoms with van der Waals surface area (Å²) in [4.78, 5) is 0. The minimum atomic E-state index is -0.423. The Morgan fingerprint density at radius 2 is 2.29 bits per heavy atom. The van der Waals surface area contributed by atoms with Crippen molar-refractivity contribution >= 4 is 0 Å². The van der Waals surface area contributed by atoms with Crippen molar-refractivity contribution in [1.82, 2.24) is 15.5 Å². The molecule has 0 saturated carbocycles. The second-order valence-corrected chi connectivity index (χ2v) is 5.24. The Labute approximate surface area is 121 Å². The normalized spacial score (nSPS) is 21.8. The van der Waals surface area contributed by atoms with Crippen LogP contribution in [-0.4, -0.2) is 23.3 Å². The lowest BCUT2D eigenvalue weighted by atomic mass is 9.97. The van der Waals surface area contributed by atoms with Crippen LogP contribution in [0.25, 0.3) is 0 Å². The molecule has 0 bridgehead atoms. The van der Waals surface area contributed by atoms with E-state index in [0.717, 1.165) is 24.1 Å². The van der Waals surface area contributed by atoms with Crippen molar-refractivity contribution in [2.75, 3.05) is 13.2 Å². The van der Waals surface area contributed by atoms with E-state index in [1.807, 2.05) is 6.20 Å². The van der Waals surface area contributed by atoms with E-state index in [4.69, 9.17) is 4.74 Å². The van der Waals surface area contributed by atoms with Gasteiger partial charge in [-0.15, -0.1) is 0 Å². The van der Waals surface area contributed by atoms with E-state index in [1.54, 1.807) is 6.20 Å². The number of hydrogen-bond donors (Lipinski definition) is 2. The molecule has 0 amide bonds. The second-order valence-electron chi connectivity index (χ2n) is 5.24. The fourth-order valence-corrected chi connectivity index (χ4v) is 2.70. The summed E-state index contributed by atoms with van der Waals surface area (Å²) < 4.78 is 32.3. The van der Waals surface area contributed by atoms with Gasteiger partial charge in [0.15, 0.2) is 0 Å². The Kier molecular flexibility index (Phi) is 4.26. The number of nitrogens with zero attached hydrogens (tertiary/aromatic N) is 1. The van der Waals surface area contributed by atoms with Crippen LogP contribution in [0.4, 0.5) is 8.78 Å². The van der Waals surface area contributed by atoms with Gasteiger partial charge in [-0.25, -0.2) is 8.78 Å². The maximum atomic E-state index is 13.5. The number of aromatic nitrogens is 2. The monoisotopic (exact) mass is 293 g/mol. The van der Waals surface area contributed by atoms with Gasteiger partial charge in [0.1, 0.15) is 11.6 Å². The van der Waals surface area contributed by atoms with E-state index >= 15 is 0 Å². The van der Waals surface area contributed by atoms with Crippen LogP contribution in [0.5, 0.6) is 0 Å². The molecular formula is C15H17F2N3O. The molecule has 4 nitrogen and oxygen atoms in total. The molecule has 1 aliphatic rings. The highest BCUT2D eigenvalue weighted by atomic mass is 19.1. The van der Waals surface area contributed by atoms with Gasteiger partial charge >= 0.3 is 0 Å². The van der Waals surface area contributed by atoms with Crippen LogP contribution in [0, 0.1) is 17.6 Å². The van der Waals surface area contributed by atoms with Gasteiger partial charge in [0.25, 0.3) is 0 Å². The molecule has 0 unspecified atom stereocenters. The molecule has 2 heterocycles. The lowest BCUT2D eigenvalue weighted by Gasteiger charge is -2.17. The summed E-state index contributed by atoms with van der Waals surface area (Å²) in [5, 5.41) is 9.90. The van der Waals surface area contributed by atoms with Crippen LogP contribution in [0.1, 0.15) is 23.7 Å². The zero-order chi connectivity index (χ0) is 14.7. The van der Waals surface area contributed by atoms with E-state index in [9.17, 15) is 8.78 Å². The second kappa shape index (κ2) is 6.32. The number of hydrogen-bond acceptors (Lipinski definition) is 3. The number of nitrogens with one attached hydrogen (secondary N) is 2. The van der Waals surface area contributed by atoms with E-state index in [0.29, 0.717) is 31.2 Å². The van der Waals surface area contributed by atoms with Gasteiger partial charge in [-0.05, 0) is 24.6 Å². The lowest BCUT2D eigenvalue weighted by Crippen LogP contribution is -2.25. The molecule has 21 heavy (non-hydrogen) atoms. The molecule has 0 spiro atoms. The first-order valence-corrected chi connectivity index (χ1v) is 6.99. The quantitative estimate of drug-likeness (QED) is 0.890. The number of halogens is 2. The van der Waals surface area contributed by atoms with Gasteiger partial charge in [-0.3, -0.25) is 5.10 Å². The number of benzene rings is 1. The van der Waals surface area contributed by atoms with Crippen molar-refractivity contribution in [1.29, 1.82) is 0 Å². The zero-order valence-corrected chi connectivity index (χ0v) is 11.5. The third kappa shape index (κ3) is 3.28. The Bertz CT molecular complexity index is 589. The zero-order valence-electron chi connectivity index (χ0n) is 11.5. The number of ether oxygens (including phenoxy) is 1. The van der Waals surface area contributed by atoms with Gasteiger partial charge in [0.05, 0.1) is 12.3 Å². The maximum Gasteiger partial charge on any atom is 0.127 e. The molecule has 1 aromatic carbocycles. The third-order valence-corrected chi connectivity index (χ3v) is 3.79. The minimum Gasteiger partial charge on any atom is -0.373 e. The van der Waals surface area contributed by atoms with Crippen molar-refractivity contribution in [3.63, 3.8) is 0 Å². The largest absolute Gasteiger partial charge is 0.373 e. The lowest BCUT2D eigenvalue weighted by molar-refractivity contribution is 0.0904. The van der Waals surface area contributed by atoms with Crippen LogP contribution < -0.4 is 5.32 Å². The van der Waals surface area contributed by atoms with Crippen molar-refractivity contribution < 1.29 is 13.5 Å². The fraction of sp³-hybridized carbons (Fsp3) is 0.400. The molecule has 112 valence electrons. The molecule has 1 saturated heterocycles. The van der Waals surface area contributed by atoms with Crippen molar-refractivity contribution in [2.45, 2.75) is 19.1 Å². The minimum absolute atomic E-state index is 0.00797. The van der Waals surface area contributed by atoms with Crippen molar-refractivity contribution in [2.24, 2.45) is 5.92 Å². The average molecular weight is 293 g/mol. The number of rotatable bonds is 5. The van der Waals surface area contributed by atoms with E-state index in [1.165, 1.54) is 6.07 Å². The van der Waals surface area contributed by atoms with E-state index in [-0.39, 0.29) is 6.10 Å². The first kappa shape index (κ1) is 14.2. The molecule has 0 radical (unpaired) electrons. The summed E-state index contributed by atoms with van der Waals surface area (Å²) in [6.45, 7) is 1.69. The van der Waals surface area contributed by atoms with E-state index < -0.39 is 11.6 Å². The predicted octanol–water partition coefficient (Wildman–Crippen LogP) is 2.56. The predicted molar refractivity (Wildman–Crippen MR) is 73.5 cm³/mol. The summed E-state index contributed by atoms with van der Waals surface area (Å²) >= 11 is 0. The maximum absolute atomic E-state index is 13.5. The van der Waals surface area contributed by atoms with Crippen LogP contribution >= 0.6 is 0 Å². The molecule has 2 aromatic rings. The van der Waals surface area contributed by atoms with Crippen LogP contribution in [0.3, 0.4) is 0 Å². The van der Waals surface area contributed by atoms with Gasteiger partial charge < -0.3 is 10.1 Å². The van der Waals surface area contributed by atoms with Gasteiger partial charge in [0.2, 0.25) is 0 Å². The molecule has 1 aliphatic heterocycles. The topological polar surface area (TPSA) is 49.9 Å². The summed E-state index contributed by atoms with van der Waals surface area (Å²) in [6, 6.07) is 3.50. The van der Waals surface area contributed by atoms with Gasteiger partial charge in [-0.2, -0.15) is 5.10 Å². The molecule has 2 N–H and O–H groups in total. The molecule has 3 rings (SSSR count). The number of H-pyrrole nitrogens is 1. The Morgan fingerprint density at radius 1 is 1.38 bits per heavy atom. The highest BCUT2D eigenvalue weighted by Crippen LogP contribution is 2.33. The highest BCUT2D eigenvalue weighted by molar-refractivity contribution is 5.18. The van der Waals surface area contributed by atoms with Crippen molar-refractivity contribution in [3.8, 4) is 0 Å². The van der Waals surface area contributed by atoms with Crippen LogP contribution in [0.15, 0.2) is 30.6 Å². The molecule has 6 heteroatoms. The fourth-order valence-electron chi connectivity index (χ4n) is 2.70. The first-order valence-electron chi connectivity index (χ1n) is 6.99. The summed E-state index contributed by atoms with van der Waals surface area (Å²) in [5.41, 5.74) is 1.37.